The second-order valence-electron chi connectivity index (χ2n) is 9.40. The zero-order chi connectivity index (χ0) is 22.5. The Balaban J connectivity index is 1.59. The molecule has 10 heteroatoms. The topological polar surface area (TPSA) is 71.9 Å². The lowest BCUT2D eigenvalue weighted by molar-refractivity contribution is -0.182. The van der Waals surface area contributed by atoms with E-state index in [1.807, 2.05) is 6.07 Å². The number of halogens is 3. The van der Waals surface area contributed by atoms with E-state index in [2.05, 4.69) is 40.1 Å². The number of rotatable bonds is 3. The third-order valence-corrected chi connectivity index (χ3v) is 6.81. The van der Waals surface area contributed by atoms with E-state index in [0.717, 1.165) is 16.8 Å². The summed E-state index contributed by atoms with van der Waals surface area (Å²) in [6.45, 7) is 6.10. The van der Waals surface area contributed by atoms with Gasteiger partial charge in [-0.15, -0.1) is 0 Å². The van der Waals surface area contributed by atoms with Crippen LogP contribution in [0, 0.1) is 5.92 Å². The number of ether oxygens (including phenoxy) is 1. The van der Waals surface area contributed by atoms with E-state index in [4.69, 9.17) is 9.72 Å². The van der Waals surface area contributed by atoms with Crippen molar-refractivity contribution in [2.24, 2.45) is 5.92 Å². The monoisotopic (exact) mass is 448 g/mol. The number of anilines is 1. The van der Waals surface area contributed by atoms with Gasteiger partial charge in [-0.1, -0.05) is 0 Å². The first-order valence-corrected chi connectivity index (χ1v) is 11.0. The largest absolute Gasteiger partial charge is 0.391 e. The highest BCUT2D eigenvalue weighted by Crippen LogP contribution is 2.45. The van der Waals surface area contributed by atoms with Crippen LogP contribution in [-0.4, -0.2) is 56.4 Å². The van der Waals surface area contributed by atoms with Crippen LogP contribution in [0.2, 0.25) is 0 Å². The highest BCUT2D eigenvalue weighted by molar-refractivity contribution is 5.83. The SMILES string of the molecule is CC1(C)COCCN1c1cc([C@H]2CC[C@@H](C(F)(F)F)CC2)c2cnn(-c3cc[nH]n3)c2n1. The molecule has 4 heterocycles. The molecule has 2 aliphatic rings. The molecule has 0 spiro atoms. The maximum atomic E-state index is 13.2. The highest BCUT2D eigenvalue weighted by atomic mass is 19.4. The van der Waals surface area contributed by atoms with E-state index in [1.165, 1.54) is 0 Å². The number of fused-ring (bicyclic) bond motifs is 1. The Labute approximate surface area is 183 Å². The van der Waals surface area contributed by atoms with Crippen molar-refractivity contribution in [2.75, 3.05) is 24.7 Å². The molecule has 0 amide bonds. The Hall–Kier alpha value is -2.62. The Bertz CT molecular complexity index is 1080. The number of morpholine rings is 1. The Kier molecular flexibility index (Phi) is 5.15. The molecule has 0 aromatic carbocycles. The molecule has 5 rings (SSSR count). The molecule has 1 aliphatic carbocycles. The van der Waals surface area contributed by atoms with Crippen LogP contribution in [0.5, 0.6) is 0 Å². The van der Waals surface area contributed by atoms with Crippen molar-refractivity contribution in [1.82, 2.24) is 25.0 Å². The predicted molar refractivity (Wildman–Crippen MR) is 114 cm³/mol. The van der Waals surface area contributed by atoms with Crippen molar-refractivity contribution < 1.29 is 17.9 Å². The van der Waals surface area contributed by atoms with Crippen LogP contribution in [0.15, 0.2) is 24.5 Å². The molecule has 1 saturated carbocycles. The van der Waals surface area contributed by atoms with Crippen molar-refractivity contribution >= 4 is 16.9 Å². The van der Waals surface area contributed by atoms with Crippen LogP contribution in [-0.2, 0) is 4.74 Å². The number of hydrogen-bond acceptors (Lipinski definition) is 5. The minimum absolute atomic E-state index is 0.0406. The summed E-state index contributed by atoms with van der Waals surface area (Å²) in [6, 6.07) is 3.87. The van der Waals surface area contributed by atoms with E-state index in [1.54, 1.807) is 17.1 Å². The van der Waals surface area contributed by atoms with Crippen molar-refractivity contribution in [3.8, 4) is 5.82 Å². The van der Waals surface area contributed by atoms with Crippen molar-refractivity contribution in [1.29, 1.82) is 0 Å². The molecule has 1 saturated heterocycles. The number of nitrogens with one attached hydrogen (secondary N) is 1. The molecular formula is C22H27F3N6O. The summed E-state index contributed by atoms with van der Waals surface area (Å²) < 4.78 is 47.0. The number of nitrogens with zero attached hydrogens (tertiary/aromatic N) is 5. The van der Waals surface area contributed by atoms with Crippen LogP contribution in [0.4, 0.5) is 19.0 Å². The van der Waals surface area contributed by atoms with Gasteiger partial charge < -0.3 is 9.64 Å². The lowest BCUT2D eigenvalue weighted by Gasteiger charge is -2.43. The molecule has 7 nitrogen and oxygen atoms in total. The molecule has 32 heavy (non-hydrogen) atoms. The predicted octanol–water partition coefficient (Wildman–Crippen LogP) is 4.59. The summed E-state index contributed by atoms with van der Waals surface area (Å²) in [4.78, 5) is 7.18. The number of pyridine rings is 1. The Morgan fingerprint density at radius 2 is 1.94 bits per heavy atom. The van der Waals surface area contributed by atoms with E-state index in [-0.39, 0.29) is 24.3 Å². The molecule has 0 radical (unpaired) electrons. The molecule has 1 N–H and O–H groups in total. The van der Waals surface area contributed by atoms with Gasteiger partial charge in [-0.25, -0.2) is 4.98 Å². The van der Waals surface area contributed by atoms with E-state index < -0.39 is 12.1 Å². The normalized spacial score (nSPS) is 24.2. The molecule has 1 aliphatic heterocycles. The molecule has 2 fully saturated rings. The first-order chi connectivity index (χ1) is 15.2. The molecule has 0 unspecified atom stereocenters. The molecule has 3 aromatic heterocycles. The van der Waals surface area contributed by atoms with Crippen molar-refractivity contribution in [3.63, 3.8) is 0 Å². The van der Waals surface area contributed by atoms with Crippen molar-refractivity contribution in [3.05, 3.63) is 30.1 Å². The lowest BCUT2D eigenvalue weighted by atomic mass is 9.78. The summed E-state index contributed by atoms with van der Waals surface area (Å²) >= 11 is 0. The van der Waals surface area contributed by atoms with Gasteiger partial charge in [0.25, 0.3) is 0 Å². The maximum Gasteiger partial charge on any atom is 0.391 e. The standard InChI is InChI=1S/C22H27F3N6O/c1-21(2)13-32-10-9-30(21)19-11-16(14-3-5-15(6-4-14)22(23,24)25)17-12-27-31(20(17)28-19)18-7-8-26-29-18/h7-8,11-12,14-15H,3-6,9-10,13H2,1-2H3,(H,26,29)/t14-,15+. The molecule has 0 bridgehead atoms. The fraction of sp³-hybridized carbons (Fsp3) is 0.591. The fourth-order valence-corrected chi connectivity index (χ4v) is 5.04. The first-order valence-electron chi connectivity index (χ1n) is 11.0. The minimum Gasteiger partial charge on any atom is -0.377 e. The van der Waals surface area contributed by atoms with Gasteiger partial charge in [0.15, 0.2) is 11.5 Å². The second-order valence-corrected chi connectivity index (χ2v) is 9.40. The van der Waals surface area contributed by atoms with Crippen molar-refractivity contribution in [2.45, 2.75) is 57.2 Å². The smallest absolute Gasteiger partial charge is 0.377 e. The van der Waals surface area contributed by atoms with Crippen LogP contribution in [0.25, 0.3) is 16.9 Å². The molecule has 0 atom stereocenters. The fourth-order valence-electron chi connectivity index (χ4n) is 5.04. The maximum absolute atomic E-state index is 13.2. The highest BCUT2D eigenvalue weighted by Gasteiger charge is 2.42. The Morgan fingerprint density at radius 3 is 2.59 bits per heavy atom. The van der Waals surface area contributed by atoms with Gasteiger partial charge in [0.2, 0.25) is 0 Å². The molecule has 172 valence electrons. The van der Waals surface area contributed by atoms with Gasteiger partial charge in [-0.3, -0.25) is 5.10 Å². The number of aromatic amines is 1. The van der Waals surface area contributed by atoms with Crippen LogP contribution in [0.1, 0.15) is 51.0 Å². The van der Waals surface area contributed by atoms with Crippen LogP contribution in [0.3, 0.4) is 0 Å². The second kappa shape index (κ2) is 7.75. The van der Waals surface area contributed by atoms with E-state index in [9.17, 15) is 13.2 Å². The van der Waals surface area contributed by atoms with E-state index >= 15 is 0 Å². The van der Waals surface area contributed by atoms with Gasteiger partial charge in [-0.05, 0) is 57.1 Å². The minimum atomic E-state index is -4.12. The Morgan fingerprint density at radius 1 is 1.16 bits per heavy atom. The van der Waals surface area contributed by atoms with Gasteiger partial charge in [0.05, 0.1) is 30.9 Å². The third kappa shape index (κ3) is 3.74. The van der Waals surface area contributed by atoms with Crippen LogP contribution >= 0.6 is 0 Å². The summed E-state index contributed by atoms with van der Waals surface area (Å²) in [5.74, 6) is 0.257. The molecule has 3 aromatic rings. The zero-order valence-corrected chi connectivity index (χ0v) is 18.2. The summed E-state index contributed by atoms with van der Waals surface area (Å²) in [6.07, 6.45) is 0.680. The quantitative estimate of drug-likeness (QED) is 0.634. The zero-order valence-electron chi connectivity index (χ0n) is 18.2. The van der Waals surface area contributed by atoms with Gasteiger partial charge in [-0.2, -0.15) is 28.1 Å². The third-order valence-electron chi connectivity index (χ3n) is 6.81. The van der Waals surface area contributed by atoms with Gasteiger partial charge in [0, 0.05) is 24.2 Å². The van der Waals surface area contributed by atoms with Crippen LogP contribution < -0.4 is 4.90 Å². The van der Waals surface area contributed by atoms with Gasteiger partial charge in [0.1, 0.15) is 5.82 Å². The summed E-state index contributed by atoms with van der Waals surface area (Å²) in [5, 5.41) is 12.4. The first kappa shape index (κ1) is 21.2. The number of H-pyrrole nitrogens is 1. The average Bonchev–Trinajstić information content (AvgIpc) is 3.42. The number of hydrogen-bond donors (Lipinski definition) is 1. The lowest BCUT2D eigenvalue weighted by Crippen LogP contribution is -2.53. The van der Waals surface area contributed by atoms with E-state index in [0.29, 0.717) is 44.1 Å². The number of aromatic nitrogens is 5. The average molecular weight is 448 g/mol. The number of alkyl halides is 3. The molecular weight excluding hydrogens is 421 g/mol. The summed E-state index contributed by atoms with van der Waals surface area (Å²) in [5.41, 5.74) is 1.45. The van der Waals surface area contributed by atoms with Gasteiger partial charge >= 0.3 is 6.18 Å². The summed E-state index contributed by atoms with van der Waals surface area (Å²) in [7, 11) is 0.